The summed E-state index contributed by atoms with van der Waals surface area (Å²) in [7, 11) is 0. The third-order valence-corrected chi connectivity index (χ3v) is 5.18. The van der Waals surface area contributed by atoms with E-state index in [1.54, 1.807) is 0 Å². The van der Waals surface area contributed by atoms with Crippen molar-refractivity contribution in [1.29, 1.82) is 0 Å². The highest BCUT2D eigenvalue weighted by atomic mass is 16.6. The van der Waals surface area contributed by atoms with Crippen LogP contribution in [0.1, 0.15) is 65.2 Å². The highest BCUT2D eigenvalue weighted by Crippen LogP contribution is 2.07. The third kappa shape index (κ3) is 19.3. The molecule has 14 heteroatoms. The molecule has 0 rings (SSSR count). The Bertz CT molecular complexity index is 852. The predicted octanol–water partition coefficient (Wildman–Crippen LogP) is 1.24. The van der Waals surface area contributed by atoms with E-state index in [4.69, 9.17) is 28.4 Å². The molecule has 0 fully saturated rings. The Morgan fingerprint density at radius 3 is 1.17 bits per heavy atom. The van der Waals surface area contributed by atoms with Crippen LogP contribution < -0.4 is 0 Å². The van der Waals surface area contributed by atoms with Gasteiger partial charge < -0.3 is 38.6 Å². The molecule has 0 aromatic carbocycles. The summed E-state index contributed by atoms with van der Waals surface area (Å²) in [4.78, 5) is 69.4. The summed E-state index contributed by atoms with van der Waals surface area (Å²) in [6.07, 6.45) is -1.46. The number of hydrogen-bond donors (Lipinski definition) is 2. The maximum absolute atomic E-state index is 11.9. The molecule has 0 aromatic heterocycles. The van der Waals surface area contributed by atoms with Crippen molar-refractivity contribution < 1.29 is 67.4 Å². The summed E-state index contributed by atoms with van der Waals surface area (Å²) in [6, 6.07) is 0. The molecule has 0 aliphatic rings. The minimum atomic E-state index is -2.13. The number of rotatable bonds is 23. The zero-order valence-corrected chi connectivity index (χ0v) is 24.3. The molecule has 0 aliphatic carbocycles. The van der Waals surface area contributed by atoms with Crippen LogP contribution in [0, 0.1) is 0 Å². The summed E-state index contributed by atoms with van der Waals surface area (Å²) in [6.45, 7) is 9.33. The van der Waals surface area contributed by atoms with E-state index in [9.17, 15) is 39.0 Å². The first-order chi connectivity index (χ1) is 19.9. The Morgan fingerprint density at radius 2 is 0.833 bits per heavy atom. The molecule has 0 heterocycles. The standard InChI is InChI=1S/C28H42O14/c1-19(2)25(33)41-17-15-37-21(29)11-7-5-9-13-39-27(35)23(31)24(32)28(36)40-14-10-6-8-12-22(30)38-16-18-42-26(34)20(3)4/h23-24,31-32H,1,3,5-18H2,2,4H3. The molecule has 14 nitrogen and oxygen atoms in total. The number of aliphatic hydroxyl groups excluding tert-OH is 2. The smallest absolute Gasteiger partial charge is 0.338 e. The quantitative estimate of drug-likeness (QED) is 0.0733. The summed E-state index contributed by atoms with van der Waals surface area (Å²) in [5, 5.41) is 19.7. The van der Waals surface area contributed by atoms with Crippen LogP contribution in [-0.2, 0) is 57.2 Å². The summed E-state index contributed by atoms with van der Waals surface area (Å²) in [5.41, 5.74) is 0.481. The molecule has 2 N–H and O–H groups in total. The van der Waals surface area contributed by atoms with Crippen LogP contribution in [0.15, 0.2) is 24.3 Å². The fourth-order valence-electron chi connectivity index (χ4n) is 2.84. The lowest BCUT2D eigenvalue weighted by molar-refractivity contribution is -0.173. The molecule has 0 aliphatic heterocycles. The van der Waals surface area contributed by atoms with Crippen molar-refractivity contribution in [3.63, 3.8) is 0 Å². The topological polar surface area (TPSA) is 198 Å². The number of esters is 6. The Hall–Kier alpha value is -3.78. The molecular weight excluding hydrogens is 560 g/mol. The second kappa shape index (κ2) is 22.9. The lowest BCUT2D eigenvalue weighted by Gasteiger charge is -2.16. The van der Waals surface area contributed by atoms with E-state index in [0.29, 0.717) is 38.5 Å². The normalized spacial score (nSPS) is 11.8. The van der Waals surface area contributed by atoms with Crippen LogP contribution in [-0.4, -0.2) is 97.9 Å². The lowest BCUT2D eigenvalue weighted by atomic mass is 10.2. The number of carbonyl (C=O) groups is 6. The van der Waals surface area contributed by atoms with Gasteiger partial charge in [-0.15, -0.1) is 0 Å². The van der Waals surface area contributed by atoms with Crippen molar-refractivity contribution in [1.82, 2.24) is 0 Å². The molecule has 0 radical (unpaired) electrons. The van der Waals surface area contributed by atoms with Gasteiger partial charge in [0.2, 0.25) is 0 Å². The van der Waals surface area contributed by atoms with Crippen molar-refractivity contribution in [3.8, 4) is 0 Å². The molecule has 0 spiro atoms. The SMILES string of the molecule is C=C(C)C(=O)OCCOC(=O)CCCCCOC(=O)C(O)C(O)C(=O)OCCCCCC(=O)OCCOC(=O)C(=C)C. The van der Waals surface area contributed by atoms with Gasteiger partial charge >= 0.3 is 35.8 Å². The highest BCUT2D eigenvalue weighted by molar-refractivity contribution is 5.87. The average Bonchev–Trinajstić information content (AvgIpc) is 2.95. The van der Waals surface area contributed by atoms with Crippen molar-refractivity contribution in [2.45, 2.75) is 77.4 Å². The van der Waals surface area contributed by atoms with Crippen molar-refractivity contribution in [2.24, 2.45) is 0 Å². The van der Waals surface area contributed by atoms with Crippen LogP contribution in [0.25, 0.3) is 0 Å². The van der Waals surface area contributed by atoms with Crippen molar-refractivity contribution in [3.05, 3.63) is 24.3 Å². The van der Waals surface area contributed by atoms with Crippen LogP contribution >= 0.6 is 0 Å². The van der Waals surface area contributed by atoms with Crippen LogP contribution in [0.3, 0.4) is 0 Å². The van der Waals surface area contributed by atoms with E-state index >= 15 is 0 Å². The summed E-state index contributed by atoms with van der Waals surface area (Å²) in [5.74, 6) is -4.49. The van der Waals surface area contributed by atoms with E-state index in [1.165, 1.54) is 13.8 Å². The third-order valence-electron chi connectivity index (χ3n) is 5.18. The van der Waals surface area contributed by atoms with Gasteiger partial charge in [0.15, 0.2) is 12.2 Å². The monoisotopic (exact) mass is 602 g/mol. The highest BCUT2D eigenvalue weighted by Gasteiger charge is 2.32. The lowest BCUT2D eigenvalue weighted by Crippen LogP contribution is -2.41. The average molecular weight is 603 g/mol. The zero-order chi connectivity index (χ0) is 31.9. The molecule has 0 saturated carbocycles. The summed E-state index contributed by atoms with van der Waals surface area (Å²) < 4.78 is 29.1. The van der Waals surface area contributed by atoms with Gasteiger partial charge in [0.25, 0.3) is 0 Å². The van der Waals surface area contributed by atoms with E-state index in [2.05, 4.69) is 13.2 Å². The number of ether oxygens (including phenoxy) is 6. The fraction of sp³-hybridized carbons (Fsp3) is 0.643. The minimum absolute atomic E-state index is 0.0758. The van der Waals surface area contributed by atoms with Gasteiger partial charge in [-0.2, -0.15) is 0 Å². The maximum atomic E-state index is 11.9. The Kier molecular flexibility index (Phi) is 20.8. The van der Waals surface area contributed by atoms with E-state index in [1.807, 2.05) is 0 Å². The molecule has 2 atom stereocenters. The van der Waals surface area contributed by atoms with Gasteiger partial charge in [0.1, 0.15) is 26.4 Å². The van der Waals surface area contributed by atoms with Crippen LogP contribution in [0.2, 0.25) is 0 Å². The predicted molar refractivity (Wildman–Crippen MR) is 144 cm³/mol. The molecule has 0 aromatic rings. The second-order valence-corrected chi connectivity index (χ2v) is 9.12. The van der Waals surface area contributed by atoms with Gasteiger partial charge in [0, 0.05) is 24.0 Å². The van der Waals surface area contributed by atoms with Gasteiger partial charge in [-0.3, -0.25) is 9.59 Å². The molecule has 238 valence electrons. The number of aliphatic hydroxyl groups is 2. The number of unbranched alkanes of at least 4 members (excludes halogenated alkanes) is 4. The van der Waals surface area contributed by atoms with Crippen LogP contribution in [0.4, 0.5) is 0 Å². The van der Waals surface area contributed by atoms with Crippen molar-refractivity contribution in [2.75, 3.05) is 39.6 Å². The van der Waals surface area contributed by atoms with Gasteiger partial charge in [-0.1, -0.05) is 13.2 Å². The first-order valence-electron chi connectivity index (χ1n) is 13.5. The zero-order valence-electron chi connectivity index (χ0n) is 24.3. The van der Waals surface area contributed by atoms with Crippen molar-refractivity contribution >= 4 is 35.8 Å². The molecular formula is C28H42O14. The second-order valence-electron chi connectivity index (χ2n) is 9.12. The largest absolute Gasteiger partial charge is 0.464 e. The van der Waals surface area contributed by atoms with Gasteiger partial charge in [0.05, 0.1) is 13.2 Å². The number of carbonyl (C=O) groups excluding carboxylic acids is 6. The first kappa shape index (κ1) is 38.2. The fourth-order valence-corrected chi connectivity index (χ4v) is 2.84. The van der Waals surface area contributed by atoms with E-state index in [-0.39, 0.29) is 63.6 Å². The minimum Gasteiger partial charge on any atom is -0.464 e. The van der Waals surface area contributed by atoms with Crippen LogP contribution in [0.5, 0.6) is 0 Å². The van der Waals surface area contributed by atoms with Gasteiger partial charge in [-0.25, -0.2) is 19.2 Å². The van der Waals surface area contributed by atoms with E-state index in [0.717, 1.165) is 0 Å². The molecule has 42 heavy (non-hydrogen) atoms. The molecule has 0 saturated heterocycles. The Labute approximate surface area is 244 Å². The maximum Gasteiger partial charge on any atom is 0.338 e. The molecule has 0 bridgehead atoms. The van der Waals surface area contributed by atoms with E-state index < -0.39 is 48.0 Å². The van der Waals surface area contributed by atoms with Gasteiger partial charge in [-0.05, 0) is 52.4 Å². The number of hydrogen-bond acceptors (Lipinski definition) is 14. The summed E-state index contributed by atoms with van der Waals surface area (Å²) >= 11 is 0. The molecule has 0 amide bonds. The molecule has 2 unspecified atom stereocenters. The Balaban J connectivity index is 3.86. The Morgan fingerprint density at radius 1 is 0.500 bits per heavy atom. The first-order valence-corrected chi connectivity index (χ1v) is 13.5.